The van der Waals surface area contributed by atoms with E-state index in [2.05, 4.69) is 10.4 Å². The summed E-state index contributed by atoms with van der Waals surface area (Å²) in [6, 6.07) is 9.05. The third-order valence-electron chi connectivity index (χ3n) is 2.95. The fourth-order valence-corrected chi connectivity index (χ4v) is 1.92. The van der Waals surface area contributed by atoms with E-state index in [9.17, 15) is 4.79 Å². The van der Waals surface area contributed by atoms with Gasteiger partial charge < -0.3 is 14.8 Å². The molecule has 0 unspecified atom stereocenters. The van der Waals surface area contributed by atoms with Crippen LogP contribution in [0.4, 0.5) is 0 Å². The highest BCUT2D eigenvalue weighted by atomic mass is 16.5. The van der Waals surface area contributed by atoms with E-state index >= 15 is 0 Å². The Hall–Kier alpha value is -2.50. The van der Waals surface area contributed by atoms with E-state index in [1.54, 1.807) is 24.9 Å². The van der Waals surface area contributed by atoms with Gasteiger partial charge in [0.25, 0.3) is 5.91 Å². The molecule has 0 saturated carbocycles. The Balaban J connectivity index is 1.76. The summed E-state index contributed by atoms with van der Waals surface area (Å²) in [5, 5.41) is 6.93. The number of methoxy groups -OCH3 is 1. The maximum absolute atomic E-state index is 11.9. The minimum absolute atomic E-state index is 0.156. The minimum Gasteiger partial charge on any atom is -0.497 e. The zero-order valence-corrected chi connectivity index (χ0v) is 12.4. The average Bonchev–Trinajstić information content (AvgIpc) is 2.83. The number of hydrogen-bond acceptors (Lipinski definition) is 4. The number of aromatic nitrogens is 2. The summed E-state index contributed by atoms with van der Waals surface area (Å²) in [7, 11) is 3.36. The second-order valence-corrected chi connectivity index (χ2v) is 4.57. The molecule has 2 rings (SSSR count). The number of rotatable bonds is 6. The van der Waals surface area contributed by atoms with E-state index in [1.807, 2.05) is 31.2 Å². The molecular weight excluding hydrogens is 270 g/mol. The first-order valence-corrected chi connectivity index (χ1v) is 6.66. The van der Waals surface area contributed by atoms with Crippen LogP contribution in [0.1, 0.15) is 16.2 Å². The van der Waals surface area contributed by atoms with E-state index < -0.39 is 0 Å². The second kappa shape index (κ2) is 6.78. The lowest BCUT2D eigenvalue weighted by Gasteiger charge is -2.08. The zero-order valence-electron chi connectivity index (χ0n) is 12.4. The summed E-state index contributed by atoms with van der Waals surface area (Å²) in [5.74, 6) is 1.36. The molecule has 0 saturated heterocycles. The quantitative estimate of drug-likeness (QED) is 0.819. The number of nitrogens with one attached hydrogen (secondary N) is 1. The first-order valence-electron chi connectivity index (χ1n) is 6.66. The monoisotopic (exact) mass is 289 g/mol. The van der Waals surface area contributed by atoms with Crippen molar-refractivity contribution in [2.45, 2.75) is 6.92 Å². The third kappa shape index (κ3) is 3.98. The van der Waals surface area contributed by atoms with E-state index in [0.717, 1.165) is 17.2 Å². The van der Waals surface area contributed by atoms with Gasteiger partial charge in [0, 0.05) is 7.05 Å². The van der Waals surface area contributed by atoms with Crippen LogP contribution in [0, 0.1) is 6.92 Å². The average molecular weight is 289 g/mol. The third-order valence-corrected chi connectivity index (χ3v) is 2.95. The highest BCUT2D eigenvalue weighted by Crippen LogP contribution is 2.16. The number of nitrogens with zero attached hydrogens (tertiary/aromatic N) is 2. The van der Waals surface area contributed by atoms with Gasteiger partial charge in [-0.1, -0.05) is 0 Å². The standard InChI is InChI=1S/C15H19N3O3/c1-11-10-14(18(2)17-11)15(19)16-8-9-21-13-6-4-12(20-3)5-7-13/h4-7,10H,8-9H2,1-3H3,(H,16,19). The van der Waals surface area contributed by atoms with E-state index in [4.69, 9.17) is 9.47 Å². The molecule has 112 valence electrons. The van der Waals surface area contributed by atoms with Crippen molar-refractivity contribution in [1.29, 1.82) is 0 Å². The number of ether oxygens (including phenoxy) is 2. The maximum atomic E-state index is 11.9. The van der Waals surface area contributed by atoms with Crippen molar-refractivity contribution >= 4 is 5.91 Å². The van der Waals surface area contributed by atoms with Crippen LogP contribution in [0.3, 0.4) is 0 Å². The van der Waals surface area contributed by atoms with Crippen LogP contribution < -0.4 is 14.8 Å². The Morgan fingerprint density at radius 1 is 1.29 bits per heavy atom. The first-order chi connectivity index (χ1) is 10.1. The van der Waals surface area contributed by atoms with Crippen LogP contribution >= 0.6 is 0 Å². The number of carbonyl (C=O) groups is 1. The molecule has 6 heteroatoms. The van der Waals surface area contributed by atoms with E-state index in [-0.39, 0.29) is 5.91 Å². The molecular formula is C15H19N3O3. The molecule has 1 N–H and O–H groups in total. The van der Waals surface area contributed by atoms with Gasteiger partial charge in [-0.2, -0.15) is 5.10 Å². The predicted molar refractivity (Wildman–Crippen MR) is 78.8 cm³/mol. The summed E-state index contributed by atoms with van der Waals surface area (Å²) in [4.78, 5) is 11.9. The molecule has 0 fully saturated rings. The Kier molecular flexibility index (Phi) is 4.81. The van der Waals surface area contributed by atoms with Crippen molar-refractivity contribution in [3.8, 4) is 11.5 Å². The van der Waals surface area contributed by atoms with E-state index in [0.29, 0.717) is 18.8 Å². The summed E-state index contributed by atoms with van der Waals surface area (Å²) >= 11 is 0. The summed E-state index contributed by atoms with van der Waals surface area (Å²) in [6.07, 6.45) is 0. The molecule has 0 aliphatic carbocycles. The molecule has 0 aliphatic heterocycles. The van der Waals surface area contributed by atoms with Crippen molar-refractivity contribution in [2.75, 3.05) is 20.3 Å². The topological polar surface area (TPSA) is 65.4 Å². The highest BCUT2D eigenvalue weighted by molar-refractivity contribution is 5.92. The molecule has 0 aliphatic rings. The molecule has 0 radical (unpaired) electrons. The van der Waals surface area contributed by atoms with Gasteiger partial charge in [0.15, 0.2) is 0 Å². The molecule has 0 bridgehead atoms. The van der Waals surface area contributed by atoms with Gasteiger partial charge in [-0.05, 0) is 37.3 Å². The Morgan fingerprint density at radius 2 is 1.95 bits per heavy atom. The van der Waals surface area contributed by atoms with Crippen molar-refractivity contribution < 1.29 is 14.3 Å². The summed E-state index contributed by atoms with van der Waals surface area (Å²) < 4.78 is 12.2. The van der Waals surface area contributed by atoms with Gasteiger partial charge in [0.2, 0.25) is 0 Å². The smallest absolute Gasteiger partial charge is 0.269 e. The minimum atomic E-state index is -0.156. The molecule has 0 atom stereocenters. The number of benzene rings is 1. The second-order valence-electron chi connectivity index (χ2n) is 4.57. The van der Waals surface area contributed by atoms with Crippen LogP contribution in [0.15, 0.2) is 30.3 Å². The van der Waals surface area contributed by atoms with Crippen LogP contribution in [-0.4, -0.2) is 35.9 Å². The van der Waals surface area contributed by atoms with Crippen molar-refractivity contribution in [1.82, 2.24) is 15.1 Å². The SMILES string of the molecule is COc1ccc(OCCNC(=O)c2cc(C)nn2C)cc1. The molecule has 21 heavy (non-hydrogen) atoms. The molecule has 6 nitrogen and oxygen atoms in total. The van der Waals surface area contributed by atoms with Gasteiger partial charge in [0.1, 0.15) is 23.8 Å². The van der Waals surface area contributed by atoms with Crippen LogP contribution in [0.5, 0.6) is 11.5 Å². The van der Waals surface area contributed by atoms with Gasteiger partial charge in [0.05, 0.1) is 19.3 Å². The normalized spacial score (nSPS) is 10.2. The van der Waals surface area contributed by atoms with Crippen molar-refractivity contribution in [3.05, 3.63) is 41.7 Å². The Labute approximate surface area is 123 Å². The van der Waals surface area contributed by atoms with Gasteiger partial charge in [-0.25, -0.2) is 0 Å². The molecule has 1 aromatic carbocycles. The lowest BCUT2D eigenvalue weighted by atomic mass is 10.3. The van der Waals surface area contributed by atoms with Crippen LogP contribution in [0.2, 0.25) is 0 Å². The van der Waals surface area contributed by atoms with Crippen molar-refractivity contribution in [2.24, 2.45) is 7.05 Å². The predicted octanol–water partition coefficient (Wildman–Crippen LogP) is 1.55. The van der Waals surface area contributed by atoms with E-state index in [1.165, 1.54) is 0 Å². The number of aryl methyl sites for hydroxylation is 2. The Bertz CT molecular complexity index is 605. The first kappa shape index (κ1) is 14.9. The number of hydrogen-bond donors (Lipinski definition) is 1. The fourth-order valence-electron chi connectivity index (χ4n) is 1.92. The highest BCUT2D eigenvalue weighted by Gasteiger charge is 2.10. The van der Waals surface area contributed by atoms with Crippen LogP contribution in [0.25, 0.3) is 0 Å². The van der Waals surface area contributed by atoms with Gasteiger partial charge in [-0.3, -0.25) is 9.48 Å². The Morgan fingerprint density at radius 3 is 2.52 bits per heavy atom. The van der Waals surface area contributed by atoms with Gasteiger partial charge >= 0.3 is 0 Å². The summed E-state index contributed by atoms with van der Waals surface area (Å²) in [5.41, 5.74) is 1.36. The molecule has 2 aromatic rings. The lowest BCUT2D eigenvalue weighted by molar-refractivity contribution is 0.0937. The number of amides is 1. The fraction of sp³-hybridized carbons (Fsp3) is 0.333. The zero-order chi connectivity index (χ0) is 15.2. The summed E-state index contributed by atoms with van der Waals surface area (Å²) in [6.45, 7) is 2.67. The molecule has 0 spiro atoms. The number of carbonyl (C=O) groups excluding carboxylic acids is 1. The molecule has 1 aromatic heterocycles. The van der Waals surface area contributed by atoms with Crippen LogP contribution in [-0.2, 0) is 7.05 Å². The largest absolute Gasteiger partial charge is 0.497 e. The van der Waals surface area contributed by atoms with Gasteiger partial charge in [-0.15, -0.1) is 0 Å². The molecule has 1 amide bonds. The maximum Gasteiger partial charge on any atom is 0.269 e. The molecule has 1 heterocycles. The van der Waals surface area contributed by atoms with Crippen molar-refractivity contribution in [3.63, 3.8) is 0 Å². The lowest BCUT2D eigenvalue weighted by Crippen LogP contribution is -2.29.